The van der Waals surface area contributed by atoms with Crippen molar-refractivity contribution in [1.29, 1.82) is 0 Å². The van der Waals surface area contributed by atoms with Gasteiger partial charge in [0.2, 0.25) is 0 Å². The molecule has 0 bridgehead atoms. The molecule has 0 spiro atoms. The third-order valence-electron chi connectivity index (χ3n) is 4.62. The Morgan fingerprint density at radius 3 is 2.61 bits per heavy atom. The van der Waals surface area contributed by atoms with Gasteiger partial charge in [-0.15, -0.1) is 0 Å². The smallest absolute Gasteiger partial charge is 0.168 e. The molecule has 0 saturated carbocycles. The molecule has 1 aromatic carbocycles. The lowest BCUT2D eigenvalue weighted by Gasteiger charge is -2.27. The molecular formula is C19H28O4. The van der Waals surface area contributed by atoms with Gasteiger partial charge in [0.25, 0.3) is 0 Å². The van der Waals surface area contributed by atoms with Crippen LogP contribution in [0.1, 0.15) is 44.6 Å². The maximum atomic E-state index is 5.89. The molecule has 2 saturated heterocycles. The lowest BCUT2D eigenvalue weighted by Crippen LogP contribution is -2.30. The van der Waals surface area contributed by atoms with E-state index in [9.17, 15) is 0 Å². The third-order valence-corrected chi connectivity index (χ3v) is 4.62. The third kappa shape index (κ3) is 5.01. The van der Waals surface area contributed by atoms with Gasteiger partial charge >= 0.3 is 0 Å². The van der Waals surface area contributed by atoms with Gasteiger partial charge in [0, 0.05) is 12.8 Å². The van der Waals surface area contributed by atoms with Crippen LogP contribution >= 0.6 is 0 Å². The van der Waals surface area contributed by atoms with E-state index in [-0.39, 0.29) is 11.9 Å². The first-order valence-corrected chi connectivity index (χ1v) is 8.86. The molecule has 0 aliphatic carbocycles. The van der Waals surface area contributed by atoms with Crippen LogP contribution in [-0.2, 0) is 25.6 Å². The van der Waals surface area contributed by atoms with Gasteiger partial charge in [0.1, 0.15) is 6.10 Å². The summed E-state index contributed by atoms with van der Waals surface area (Å²) in [4.78, 5) is 0. The quantitative estimate of drug-likeness (QED) is 0.617. The molecule has 2 aliphatic rings. The Labute approximate surface area is 139 Å². The fourth-order valence-corrected chi connectivity index (χ4v) is 3.17. The fraction of sp³-hybridized carbons (Fsp3) is 0.684. The van der Waals surface area contributed by atoms with Gasteiger partial charge in [-0.05, 0) is 18.4 Å². The van der Waals surface area contributed by atoms with Crippen molar-refractivity contribution in [1.82, 2.24) is 0 Å². The van der Waals surface area contributed by atoms with Crippen molar-refractivity contribution in [3.05, 3.63) is 35.9 Å². The van der Waals surface area contributed by atoms with Gasteiger partial charge in [-0.25, -0.2) is 0 Å². The average molecular weight is 320 g/mol. The Bertz CT molecular complexity index is 456. The Morgan fingerprint density at radius 1 is 1.09 bits per heavy atom. The summed E-state index contributed by atoms with van der Waals surface area (Å²) in [5, 5.41) is 0. The molecule has 2 aliphatic heterocycles. The molecule has 23 heavy (non-hydrogen) atoms. The second kappa shape index (κ2) is 8.25. The second-order valence-electron chi connectivity index (χ2n) is 6.46. The Morgan fingerprint density at radius 2 is 1.87 bits per heavy atom. The molecule has 0 unspecified atom stereocenters. The molecule has 2 heterocycles. The molecule has 3 rings (SSSR count). The maximum Gasteiger partial charge on any atom is 0.168 e. The number of benzene rings is 1. The highest BCUT2D eigenvalue weighted by molar-refractivity contribution is 5.13. The summed E-state index contributed by atoms with van der Waals surface area (Å²) in [6.07, 6.45) is 5.77. The van der Waals surface area contributed by atoms with Crippen molar-refractivity contribution in [2.24, 2.45) is 0 Å². The van der Waals surface area contributed by atoms with E-state index < -0.39 is 0 Å². The van der Waals surface area contributed by atoms with Crippen LogP contribution < -0.4 is 0 Å². The van der Waals surface area contributed by atoms with Crippen molar-refractivity contribution in [2.45, 2.75) is 63.6 Å². The van der Waals surface area contributed by atoms with Crippen LogP contribution in [0, 0.1) is 0 Å². The molecule has 0 N–H and O–H groups in total. The summed E-state index contributed by atoms with van der Waals surface area (Å²) < 4.78 is 23.2. The van der Waals surface area contributed by atoms with Crippen LogP contribution in [0.4, 0.5) is 0 Å². The van der Waals surface area contributed by atoms with Gasteiger partial charge in [-0.3, -0.25) is 0 Å². The van der Waals surface area contributed by atoms with Gasteiger partial charge in [0.15, 0.2) is 5.79 Å². The summed E-state index contributed by atoms with van der Waals surface area (Å²) in [5.41, 5.74) is 1.20. The van der Waals surface area contributed by atoms with E-state index in [1.807, 2.05) is 18.2 Å². The SMILES string of the molecule is CCCCC1(CC[C@H]2O[C@@H]2COCc2ccccc2)OCCO1. The summed E-state index contributed by atoms with van der Waals surface area (Å²) in [5.74, 6) is -0.350. The minimum atomic E-state index is -0.350. The van der Waals surface area contributed by atoms with E-state index in [0.29, 0.717) is 19.3 Å². The number of ether oxygens (including phenoxy) is 4. The normalized spacial score (nSPS) is 25.6. The van der Waals surface area contributed by atoms with Crippen molar-refractivity contribution < 1.29 is 18.9 Å². The number of hydrogen-bond donors (Lipinski definition) is 0. The van der Waals surface area contributed by atoms with Gasteiger partial charge in [-0.2, -0.15) is 0 Å². The number of hydrogen-bond acceptors (Lipinski definition) is 4. The van der Waals surface area contributed by atoms with E-state index in [4.69, 9.17) is 18.9 Å². The predicted molar refractivity (Wildman–Crippen MR) is 88.2 cm³/mol. The summed E-state index contributed by atoms with van der Waals surface area (Å²) in [7, 11) is 0. The monoisotopic (exact) mass is 320 g/mol. The highest BCUT2D eigenvalue weighted by atomic mass is 16.7. The largest absolute Gasteiger partial charge is 0.374 e. The first-order chi connectivity index (χ1) is 11.3. The van der Waals surface area contributed by atoms with E-state index in [1.54, 1.807) is 0 Å². The average Bonchev–Trinajstić information content (AvgIpc) is 3.17. The van der Waals surface area contributed by atoms with Gasteiger partial charge in [0.05, 0.1) is 32.5 Å². The zero-order valence-corrected chi connectivity index (χ0v) is 14.0. The molecule has 2 fully saturated rings. The topological polar surface area (TPSA) is 40.2 Å². The highest BCUT2D eigenvalue weighted by Gasteiger charge is 2.43. The summed E-state index contributed by atoms with van der Waals surface area (Å²) >= 11 is 0. The minimum Gasteiger partial charge on any atom is -0.374 e. The number of rotatable bonds is 10. The van der Waals surface area contributed by atoms with Gasteiger partial charge in [-0.1, -0.05) is 43.7 Å². The Hall–Kier alpha value is -0.940. The van der Waals surface area contributed by atoms with Crippen molar-refractivity contribution in [3.63, 3.8) is 0 Å². The molecule has 0 amide bonds. The van der Waals surface area contributed by atoms with E-state index in [2.05, 4.69) is 19.1 Å². The Kier molecular flexibility index (Phi) is 6.06. The van der Waals surface area contributed by atoms with Crippen LogP contribution in [0.15, 0.2) is 30.3 Å². The molecular weight excluding hydrogens is 292 g/mol. The minimum absolute atomic E-state index is 0.239. The first kappa shape index (κ1) is 16.9. The van der Waals surface area contributed by atoms with Crippen LogP contribution in [0.25, 0.3) is 0 Å². The standard InChI is InChI=1S/C19H28O4/c1-2-3-10-19(21-12-13-22-19)11-9-17-18(23-17)15-20-14-16-7-5-4-6-8-16/h4-8,17-18H,2-3,9-15H2,1H3/t17-,18-/m1/s1. The van der Waals surface area contributed by atoms with Crippen molar-refractivity contribution >= 4 is 0 Å². The molecule has 128 valence electrons. The van der Waals surface area contributed by atoms with Crippen LogP contribution in [0.2, 0.25) is 0 Å². The zero-order chi connectivity index (χ0) is 16.0. The van der Waals surface area contributed by atoms with Crippen LogP contribution in [0.3, 0.4) is 0 Å². The Balaban J connectivity index is 1.33. The van der Waals surface area contributed by atoms with Gasteiger partial charge < -0.3 is 18.9 Å². The zero-order valence-electron chi connectivity index (χ0n) is 14.0. The summed E-state index contributed by atoms with van der Waals surface area (Å²) in [6, 6.07) is 10.2. The molecule has 0 aromatic heterocycles. The molecule has 4 nitrogen and oxygen atoms in total. The van der Waals surface area contributed by atoms with E-state index in [0.717, 1.165) is 38.9 Å². The molecule has 2 atom stereocenters. The lowest BCUT2D eigenvalue weighted by atomic mass is 10.0. The number of unbranched alkanes of at least 4 members (excludes halogenated alkanes) is 1. The predicted octanol–water partition coefficient (Wildman–Crippen LogP) is 3.68. The molecule has 1 aromatic rings. The van der Waals surface area contributed by atoms with Crippen molar-refractivity contribution in [3.8, 4) is 0 Å². The molecule has 0 radical (unpaired) electrons. The van der Waals surface area contributed by atoms with Crippen molar-refractivity contribution in [2.75, 3.05) is 19.8 Å². The lowest BCUT2D eigenvalue weighted by molar-refractivity contribution is -0.168. The van der Waals surface area contributed by atoms with Crippen LogP contribution in [-0.4, -0.2) is 37.8 Å². The van der Waals surface area contributed by atoms with E-state index >= 15 is 0 Å². The van der Waals surface area contributed by atoms with E-state index in [1.165, 1.54) is 12.0 Å². The summed E-state index contributed by atoms with van der Waals surface area (Å²) in [6.45, 7) is 4.97. The molecule has 4 heteroatoms. The first-order valence-electron chi connectivity index (χ1n) is 8.86. The maximum absolute atomic E-state index is 5.89. The number of epoxide rings is 1. The second-order valence-corrected chi connectivity index (χ2v) is 6.46. The fourth-order valence-electron chi connectivity index (χ4n) is 3.17. The van der Waals surface area contributed by atoms with Crippen LogP contribution in [0.5, 0.6) is 0 Å². The highest BCUT2D eigenvalue weighted by Crippen LogP contribution is 2.35.